The van der Waals surface area contributed by atoms with Crippen LogP contribution in [0, 0.1) is 6.92 Å². The lowest BCUT2D eigenvalue weighted by Gasteiger charge is -2.29. The predicted molar refractivity (Wildman–Crippen MR) is 81.2 cm³/mol. The summed E-state index contributed by atoms with van der Waals surface area (Å²) >= 11 is 6.14. The third-order valence-electron chi connectivity index (χ3n) is 3.29. The van der Waals surface area contributed by atoms with Crippen LogP contribution in [0.5, 0.6) is 0 Å². The van der Waals surface area contributed by atoms with Crippen molar-refractivity contribution in [1.82, 2.24) is 0 Å². The van der Waals surface area contributed by atoms with Gasteiger partial charge in [0.2, 0.25) is 0 Å². The number of carboxylic acid groups (broad SMARTS) is 1. The van der Waals surface area contributed by atoms with Crippen LogP contribution in [-0.4, -0.2) is 11.1 Å². The lowest BCUT2D eigenvalue weighted by atomic mass is 9.91. The van der Waals surface area contributed by atoms with Crippen LogP contribution in [0.1, 0.15) is 18.1 Å². The van der Waals surface area contributed by atoms with Crippen molar-refractivity contribution in [3.63, 3.8) is 0 Å². The molecule has 0 aliphatic heterocycles. The molecule has 0 fully saturated rings. The maximum atomic E-state index is 11.7. The zero-order valence-electron chi connectivity index (χ0n) is 11.4. The Hall–Kier alpha value is -2.00. The number of halogens is 1. The molecule has 0 aromatic heterocycles. The molecular formula is C16H16ClNO2. The minimum atomic E-state index is -1.28. The van der Waals surface area contributed by atoms with Gasteiger partial charge in [0, 0.05) is 16.3 Å². The summed E-state index contributed by atoms with van der Waals surface area (Å²) in [6, 6.07) is 14.5. The van der Waals surface area contributed by atoms with E-state index < -0.39 is 11.5 Å². The molecule has 2 aromatic rings. The standard InChI is InChI=1S/C16H16ClNO2/c1-11-7-9-12(10-8-11)18-16(2,15(19)20)13-5-3-4-6-14(13)17/h3-10,18H,1-2H3,(H,19,20). The number of aliphatic carboxylic acids is 1. The van der Waals surface area contributed by atoms with E-state index in [1.165, 1.54) is 0 Å². The number of benzene rings is 2. The van der Waals surface area contributed by atoms with Gasteiger partial charge in [-0.15, -0.1) is 0 Å². The van der Waals surface area contributed by atoms with Crippen LogP contribution in [0.15, 0.2) is 48.5 Å². The number of aryl methyl sites for hydroxylation is 1. The van der Waals surface area contributed by atoms with Crippen LogP contribution in [0.2, 0.25) is 5.02 Å². The average Bonchev–Trinajstić information content (AvgIpc) is 2.41. The van der Waals surface area contributed by atoms with Crippen LogP contribution in [-0.2, 0) is 10.3 Å². The molecule has 2 aromatic carbocycles. The minimum Gasteiger partial charge on any atom is -0.479 e. The molecule has 3 nitrogen and oxygen atoms in total. The van der Waals surface area contributed by atoms with Gasteiger partial charge >= 0.3 is 5.97 Å². The van der Waals surface area contributed by atoms with E-state index in [0.717, 1.165) is 11.3 Å². The first-order valence-corrected chi connectivity index (χ1v) is 6.64. The van der Waals surface area contributed by atoms with Gasteiger partial charge in [0.25, 0.3) is 0 Å². The van der Waals surface area contributed by atoms with Crippen molar-refractivity contribution in [3.8, 4) is 0 Å². The summed E-state index contributed by atoms with van der Waals surface area (Å²) in [6.07, 6.45) is 0. The maximum Gasteiger partial charge on any atom is 0.333 e. The highest BCUT2D eigenvalue weighted by Crippen LogP contribution is 2.31. The van der Waals surface area contributed by atoms with E-state index in [-0.39, 0.29) is 0 Å². The molecular weight excluding hydrogens is 274 g/mol. The number of hydrogen-bond acceptors (Lipinski definition) is 2. The zero-order valence-corrected chi connectivity index (χ0v) is 12.1. The van der Waals surface area contributed by atoms with Gasteiger partial charge in [-0.05, 0) is 32.0 Å². The number of nitrogens with one attached hydrogen (secondary N) is 1. The van der Waals surface area contributed by atoms with E-state index in [9.17, 15) is 9.90 Å². The molecule has 0 heterocycles. The number of carbonyl (C=O) groups is 1. The van der Waals surface area contributed by atoms with Crippen LogP contribution in [0.4, 0.5) is 5.69 Å². The van der Waals surface area contributed by atoms with Gasteiger partial charge in [0.05, 0.1) is 0 Å². The largest absolute Gasteiger partial charge is 0.479 e. The number of rotatable bonds is 4. The molecule has 0 amide bonds. The first kappa shape index (κ1) is 14.4. The summed E-state index contributed by atoms with van der Waals surface area (Å²) in [5.41, 5.74) is 1.11. The molecule has 0 aliphatic carbocycles. The smallest absolute Gasteiger partial charge is 0.333 e. The molecule has 2 rings (SSSR count). The lowest BCUT2D eigenvalue weighted by Crippen LogP contribution is -2.40. The molecule has 4 heteroatoms. The Morgan fingerprint density at radius 2 is 1.75 bits per heavy atom. The predicted octanol–water partition coefficient (Wildman–Crippen LogP) is 4.06. The quantitative estimate of drug-likeness (QED) is 0.892. The highest BCUT2D eigenvalue weighted by molar-refractivity contribution is 6.31. The molecule has 0 saturated carbocycles. The second kappa shape index (κ2) is 5.55. The fourth-order valence-electron chi connectivity index (χ4n) is 2.03. The number of hydrogen-bond donors (Lipinski definition) is 2. The van der Waals surface area contributed by atoms with Gasteiger partial charge in [-0.25, -0.2) is 4.79 Å². The molecule has 0 aliphatic rings. The zero-order chi connectivity index (χ0) is 14.8. The van der Waals surface area contributed by atoms with E-state index in [1.807, 2.05) is 31.2 Å². The first-order valence-electron chi connectivity index (χ1n) is 6.27. The van der Waals surface area contributed by atoms with Gasteiger partial charge in [-0.3, -0.25) is 0 Å². The van der Waals surface area contributed by atoms with Gasteiger partial charge in [-0.1, -0.05) is 47.5 Å². The van der Waals surface area contributed by atoms with Crippen molar-refractivity contribution in [2.24, 2.45) is 0 Å². The van der Waals surface area contributed by atoms with Gasteiger partial charge in [-0.2, -0.15) is 0 Å². The molecule has 2 N–H and O–H groups in total. The van der Waals surface area contributed by atoms with E-state index in [2.05, 4.69) is 5.32 Å². The molecule has 104 valence electrons. The van der Waals surface area contributed by atoms with E-state index in [1.54, 1.807) is 31.2 Å². The Labute approximate surface area is 123 Å². The fraction of sp³-hybridized carbons (Fsp3) is 0.188. The van der Waals surface area contributed by atoms with E-state index in [4.69, 9.17) is 11.6 Å². The monoisotopic (exact) mass is 289 g/mol. The summed E-state index contributed by atoms with van der Waals surface area (Å²) in [5.74, 6) is -0.980. The van der Waals surface area contributed by atoms with Crippen molar-refractivity contribution >= 4 is 23.3 Å². The summed E-state index contributed by atoms with van der Waals surface area (Å²) < 4.78 is 0. The average molecular weight is 290 g/mol. The minimum absolute atomic E-state index is 0.428. The van der Waals surface area contributed by atoms with Crippen LogP contribution in [0.3, 0.4) is 0 Å². The van der Waals surface area contributed by atoms with Gasteiger partial charge < -0.3 is 10.4 Å². The van der Waals surface area contributed by atoms with Gasteiger partial charge in [0.15, 0.2) is 5.54 Å². The highest BCUT2D eigenvalue weighted by Gasteiger charge is 2.36. The molecule has 1 atom stereocenters. The third kappa shape index (κ3) is 2.78. The Balaban J connectivity index is 2.43. The van der Waals surface area contributed by atoms with Gasteiger partial charge in [0.1, 0.15) is 0 Å². The number of carboxylic acids is 1. The lowest BCUT2D eigenvalue weighted by molar-refractivity contribution is -0.142. The van der Waals surface area contributed by atoms with E-state index in [0.29, 0.717) is 10.6 Å². The summed E-state index contributed by atoms with van der Waals surface area (Å²) in [5, 5.41) is 13.1. The van der Waals surface area contributed by atoms with E-state index >= 15 is 0 Å². The second-order valence-corrected chi connectivity index (χ2v) is 5.31. The Bertz CT molecular complexity index is 625. The van der Waals surface area contributed by atoms with Crippen LogP contribution >= 0.6 is 11.6 Å². The Morgan fingerprint density at radius 1 is 1.15 bits per heavy atom. The molecule has 20 heavy (non-hydrogen) atoms. The van der Waals surface area contributed by atoms with Crippen molar-refractivity contribution in [2.45, 2.75) is 19.4 Å². The molecule has 1 unspecified atom stereocenters. The molecule has 0 radical (unpaired) electrons. The molecule has 0 saturated heterocycles. The SMILES string of the molecule is Cc1ccc(NC(C)(C(=O)O)c2ccccc2Cl)cc1. The molecule has 0 bridgehead atoms. The first-order chi connectivity index (χ1) is 9.43. The normalized spacial score (nSPS) is 13.6. The third-order valence-corrected chi connectivity index (χ3v) is 3.62. The Morgan fingerprint density at radius 3 is 2.30 bits per heavy atom. The number of anilines is 1. The topological polar surface area (TPSA) is 49.3 Å². The highest BCUT2D eigenvalue weighted by atomic mass is 35.5. The van der Waals surface area contributed by atoms with Crippen molar-refractivity contribution in [3.05, 3.63) is 64.7 Å². The second-order valence-electron chi connectivity index (χ2n) is 4.90. The van der Waals surface area contributed by atoms with Crippen molar-refractivity contribution in [1.29, 1.82) is 0 Å². The van der Waals surface area contributed by atoms with Crippen molar-refractivity contribution < 1.29 is 9.90 Å². The summed E-state index contributed by atoms with van der Waals surface area (Å²) in [6.45, 7) is 3.59. The summed E-state index contributed by atoms with van der Waals surface area (Å²) in [4.78, 5) is 11.7. The Kier molecular flexibility index (Phi) is 4.00. The van der Waals surface area contributed by atoms with Crippen LogP contribution < -0.4 is 5.32 Å². The van der Waals surface area contributed by atoms with Crippen molar-refractivity contribution in [2.75, 3.05) is 5.32 Å². The maximum absolute atomic E-state index is 11.7. The summed E-state index contributed by atoms with van der Waals surface area (Å²) in [7, 11) is 0. The fourth-order valence-corrected chi connectivity index (χ4v) is 2.35. The van der Waals surface area contributed by atoms with Crippen LogP contribution in [0.25, 0.3) is 0 Å². The molecule has 0 spiro atoms.